The summed E-state index contributed by atoms with van der Waals surface area (Å²) in [5.41, 5.74) is 0. The smallest absolute Gasteiger partial charge is 0.337 e. The van der Waals surface area contributed by atoms with Crippen LogP contribution in [0.3, 0.4) is 0 Å². The first kappa shape index (κ1) is 25.5. The maximum atomic E-state index is 13.2. The fraction of sp³-hybridized carbons (Fsp3) is 0.812. The third kappa shape index (κ3) is 8.84. The van der Waals surface area contributed by atoms with Gasteiger partial charge in [0.1, 0.15) is 0 Å². The second kappa shape index (κ2) is 13.6. The minimum absolute atomic E-state index is 0.103. The van der Waals surface area contributed by atoms with Gasteiger partial charge in [0, 0.05) is 25.5 Å². The van der Waals surface area contributed by atoms with Crippen molar-refractivity contribution < 1.29 is 31.7 Å². The average Bonchev–Trinajstić information content (AvgIpc) is 3.14. The van der Waals surface area contributed by atoms with Crippen LogP contribution < -0.4 is 5.32 Å². The van der Waals surface area contributed by atoms with Crippen molar-refractivity contribution in [2.24, 2.45) is 0 Å². The molecule has 28 heavy (non-hydrogen) atoms. The first-order valence-corrected chi connectivity index (χ1v) is 12.6. The molecule has 12 heteroatoms. The van der Waals surface area contributed by atoms with E-state index in [-0.39, 0.29) is 33.0 Å². The maximum absolute atomic E-state index is 13.2. The zero-order valence-corrected chi connectivity index (χ0v) is 18.9. The summed E-state index contributed by atoms with van der Waals surface area (Å²) < 4.78 is 54.6. The molecule has 0 amide bonds. The molecule has 0 bridgehead atoms. The highest BCUT2D eigenvalue weighted by Crippen LogP contribution is 2.60. The van der Waals surface area contributed by atoms with Gasteiger partial charge in [-0.25, -0.2) is 9.55 Å². The topological polar surface area (TPSA) is 110 Å². The Morgan fingerprint density at radius 1 is 1.00 bits per heavy atom. The van der Waals surface area contributed by atoms with E-state index in [2.05, 4.69) is 10.3 Å². The van der Waals surface area contributed by atoms with Crippen LogP contribution in [0.4, 0.5) is 0 Å². The Morgan fingerprint density at radius 2 is 1.61 bits per heavy atom. The van der Waals surface area contributed by atoms with E-state index in [4.69, 9.17) is 22.6 Å². The number of phosphoric acid groups is 1. The van der Waals surface area contributed by atoms with Crippen molar-refractivity contribution in [1.82, 2.24) is 14.9 Å². The fourth-order valence-corrected chi connectivity index (χ4v) is 5.85. The lowest BCUT2D eigenvalue weighted by Gasteiger charge is -2.29. The van der Waals surface area contributed by atoms with E-state index in [1.807, 2.05) is 10.8 Å². The number of phosphoric ester groups is 1. The number of nitrogens with zero attached hydrogens (tertiary/aromatic N) is 2. The zero-order chi connectivity index (χ0) is 20.9. The molecule has 1 atom stereocenters. The Kier molecular flexibility index (Phi) is 12.4. The van der Waals surface area contributed by atoms with Crippen molar-refractivity contribution in [2.75, 3.05) is 39.5 Å². The van der Waals surface area contributed by atoms with E-state index in [1.165, 1.54) is 0 Å². The van der Waals surface area contributed by atoms with Crippen LogP contribution in [0.25, 0.3) is 0 Å². The highest BCUT2D eigenvalue weighted by Gasteiger charge is 2.42. The molecule has 1 N–H and O–H groups in total. The molecule has 0 saturated carbocycles. The lowest BCUT2D eigenvalue weighted by molar-refractivity contribution is 0.0889. The van der Waals surface area contributed by atoms with E-state index in [9.17, 15) is 9.13 Å². The van der Waals surface area contributed by atoms with Crippen molar-refractivity contribution in [3.8, 4) is 0 Å². The van der Waals surface area contributed by atoms with Gasteiger partial charge in [-0.2, -0.15) is 0 Å². The molecule has 10 nitrogen and oxygen atoms in total. The Morgan fingerprint density at radius 3 is 2.11 bits per heavy atom. The number of rotatable bonds is 17. The molecule has 1 heterocycles. The lowest BCUT2D eigenvalue weighted by Crippen LogP contribution is -2.31. The van der Waals surface area contributed by atoms with Gasteiger partial charge in [-0.15, -0.1) is 0 Å². The van der Waals surface area contributed by atoms with Crippen LogP contribution >= 0.6 is 15.4 Å². The van der Waals surface area contributed by atoms with Gasteiger partial charge in [0.2, 0.25) is 0 Å². The van der Waals surface area contributed by atoms with E-state index in [0.29, 0.717) is 6.54 Å². The van der Waals surface area contributed by atoms with Crippen molar-refractivity contribution in [3.05, 3.63) is 18.7 Å². The van der Waals surface area contributed by atoms with E-state index in [1.54, 1.807) is 40.2 Å². The molecular formula is C16H33N3O7P2. The zero-order valence-electron chi connectivity index (χ0n) is 17.1. The molecule has 0 aromatic carbocycles. The number of aryl methyl sites for hydroxylation is 1. The molecule has 0 saturated heterocycles. The van der Waals surface area contributed by atoms with E-state index in [0.717, 1.165) is 13.0 Å². The number of imidazole rings is 1. The summed E-state index contributed by atoms with van der Waals surface area (Å²) in [4.78, 5) is 3.99. The van der Waals surface area contributed by atoms with Gasteiger partial charge in [-0.05, 0) is 40.7 Å². The van der Waals surface area contributed by atoms with Crippen LogP contribution in [0.15, 0.2) is 18.7 Å². The first-order valence-electron chi connectivity index (χ1n) is 9.55. The van der Waals surface area contributed by atoms with Crippen LogP contribution in [-0.2, 0) is 38.3 Å². The predicted molar refractivity (Wildman–Crippen MR) is 106 cm³/mol. The number of hydrogen-bond acceptors (Lipinski definition) is 9. The van der Waals surface area contributed by atoms with E-state index < -0.39 is 21.3 Å². The molecule has 1 aromatic rings. The second-order valence-electron chi connectivity index (χ2n) is 5.58. The van der Waals surface area contributed by atoms with Crippen LogP contribution in [0.1, 0.15) is 34.1 Å². The monoisotopic (exact) mass is 441 g/mol. The minimum atomic E-state index is -3.90. The van der Waals surface area contributed by atoms with Crippen molar-refractivity contribution in [2.45, 2.75) is 46.5 Å². The largest absolute Gasteiger partial charge is 0.475 e. The molecule has 1 aromatic heterocycles. The van der Waals surface area contributed by atoms with Gasteiger partial charge in [0.25, 0.3) is 0 Å². The molecule has 0 fully saturated rings. The SMILES string of the molecule is CCOP(=O)(OCC)OC(CNCCCn1ccnc1)P(=O)(OCC)OCC. The van der Waals surface area contributed by atoms with Crippen LogP contribution in [0.5, 0.6) is 0 Å². The van der Waals surface area contributed by atoms with Gasteiger partial charge in [0.05, 0.1) is 32.8 Å². The van der Waals surface area contributed by atoms with Gasteiger partial charge >= 0.3 is 15.4 Å². The highest BCUT2D eigenvalue weighted by atomic mass is 31.2. The summed E-state index contributed by atoms with van der Waals surface area (Å²) in [6.45, 7) is 8.80. The molecule has 1 rings (SSSR count). The summed E-state index contributed by atoms with van der Waals surface area (Å²) in [5, 5.41) is 3.15. The molecule has 0 aliphatic rings. The number of aromatic nitrogens is 2. The third-order valence-electron chi connectivity index (χ3n) is 3.44. The molecular weight excluding hydrogens is 408 g/mol. The van der Waals surface area contributed by atoms with Gasteiger partial charge in [-0.1, -0.05) is 0 Å². The number of nitrogens with one attached hydrogen (secondary N) is 1. The first-order chi connectivity index (χ1) is 13.4. The second-order valence-corrected chi connectivity index (χ2v) is 9.37. The third-order valence-corrected chi connectivity index (χ3v) is 7.50. The van der Waals surface area contributed by atoms with Crippen LogP contribution in [0.2, 0.25) is 0 Å². The Balaban J connectivity index is 2.77. The van der Waals surface area contributed by atoms with Gasteiger partial charge in [0.15, 0.2) is 5.85 Å². The summed E-state index contributed by atoms with van der Waals surface area (Å²) in [7, 11) is -7.60. The number of hydrogen-bond donors (Lipinski definition) is 1. The van der Waals surface area contributed by atoms with Gasteiger partial charge in [-0.3, -0.25) is 18.1 Å². The molecule has 164 valence electrons. The van der Waals surface area contributed by atoms with Gasteiger partial charge < -0.3 is 18.9 Å². The Hall–Kier alpha value is -0.570. The molecule has 0 radical (unpaired) electrons. The van der Waals surface area contributed by atoms with Crippen LogP contribution in [0, 0.1) is 0 Å². The van der Waals surface area contributed by atoms with Crippen LogP contribution in [-0.4, -0.2) is 54.9 Å². The predicted octanol–water partition coefficient (Wildman–Crippen LogP) is 3.65. The summed E-state index contributed by atoms with van der Waals surface area (Å²) >= 11 is 0. The fourth-order valence-electron chi connectivity index (χ4n) is 2.36. The average molecular weight is 441 g/mol. The Bertz CT molecular complexity index is 595. The quantitative estimate of drug-likeness (QED) is 0.286. The summed E-state index contributed by atoms with van der Waals surface area (Å²) in [5.74, 6) is -1.13. The highest BCUT2D eigenvalue weighted by molar-refractivity contribution is 7.56. The summed E-state index contributed by atoms with van der Waals surface area (Å²) in [6.07, 6.45) is 6.15. The Labute approximate surface area is 167 Å². The molecule has 0 spiro atoms. The lowest BCUT2D eigenvalue weighted by atomic mass is 10.4. The minimum Gasteiger partial charge on any atom is -0.337 e. The van der Waals surface area contributed by atoms with Crippen molar-refractivity contribution in [1.29, 1.82) is 0 Å². The summed E-state index contributed by atoms with van der Waals surface area (Å²) in [6, 6.07) is 0. The van der Waals surface area contributed by atoms with E-state index >= 15 is 0 Å². The maximum Gasteiger partial charge on any atom is 0.475 e. The van der Waals surface area contributed by atoms with Crippen molar-refractivity contribution >= 4 is 15.4 Å². The molecule has 0 aliphatic carbocycles. The normalized spacial score (nSPS) is 13.7. The standard InChI is InChI=1S/C16H33N3O7P2/c1-5-22-27(20,23-6-2)16(26-28(21,24-7-3)25-8-4)14-17-10-9-12-19-13-11-18-15-19/h11,13,15-17H,5-10,12,14H2,1-4H3. The molecule has 1 unspecified atom stereocenters. The molecule has 0 aliphatic heterocycles. The van der Waals surface area contributed by atoms with Crippen molar-refractivity contribution in [3.63, 3.8) is 0 Å².